The van der Waals surface area contributed by atoms with Crippen LogP contribution in [0.1, 0.15) is 53.4 Å². The summed E-state index contributed by atoms with van der Waals surface area (Å²) in [5.41, 5.74) is 1.36. The first-order chi connectivity index (χ1) is 9.56. The van der Waals surface area contributed by atoms with Crippen LogP contribution in [0.15, 0.2) is 23.6 Å². The Hall–Kier alpha value is -0.960. The largest absolute Gasteiger partial charge is 0.493 e. The summed E-state index contributed by atoms with van der Waals surface area (Å²) in [6.45, 7) is 9.29. The molecule has 1 heterocycles. The molecule has 1 aliphatic carbocycles. The number of likely N-dealkylation sites (N-methyl/N-ethyl adjacent to an activating group) is 1. The number of aliphatic hydroxyl groups excluding tert-OH is 1. The van der Waals surface area contributed by atoms with Crippen LogP contribution in [0.4, 0.5) is 0 Å². The van der Waals surface area contributed by atoms with Crippen molar-refractivity contribution in [1.82, 2.24) is 4.90 Å². The highest BCUT2D eigenvalue weighted by molar-refractivity contribution is 5.22. The molecule has 0 saturated heterocycles. The van der Waals surface area contributed by atoms with Gasteiger partial charge in [0.2, 0.25) is 0 Å². The van der Waals surface area contributed by atoms with E-state index in [2.05, 4.69) is 37.9 Å². The molecule has 0 amide bonds. The number of ether oxygens (including phenoxy) is 1. The van der Waals surface area contributed by atoms with Crippen molar-refractivity contribution in [2.45, 2.75) is 65.6 Å². The van der Waals surface area contributed by atoms with E-state index in [4.69, 9.17) is 4.74 Å². The lowest BCUT2D eigenvalue weighted by atomic mass is 9.95. The van der Waals surface area contributed by atoms with Crippen LogP contribution < -0.4 is 0 Å². The van der Waals surface area contributed by atoms with Crippen LogP contribution in [0.2, 0.25) is 0 Å². The van der Waals surface area contributed by atoms with Crippen LogP contribution in [-0.4, -0.2) is 35.8 Å². The zero-order valence-electron chi connectivity index (χ0n) is 13.7. The summed E-state index contributed by atoms with van der Waals surface area (Å²) >= 11 is 0. The molecule has 3 nitrogen and oxygen atoms in total. The van der Waals surface area contributed by atoms with Crippen molar-refractivity contribution in [3.63, 3.8) is 0 Å². The number of allylic oxidation sites excluding steroid dienone is 3. The molecule has 1 N–H and O–H groups in total. The van der Waals surface area contributed by atoms with E-state index in [0.29, 0.717) is 12.0 Å². The standard InChI is InChI=1S/C15H25NO2.C2H6/c1-11(2)15-9-8-14(10-16(15)3)18-13-6-4-12(17)5-7-13;1-2/h8-9,11-13,17H,4-7,10H2,1-3H3;1-2H3. The minimum absolute atomic E-state index is 0.111. The van der Waals surface area contributed by atoms with Gasteiger partial charge in [0.15, 0.2) is 0 Å². The molecule has 116 valence electrons. The van der Waals surface area contributed by atoms with E-state index >= 15 is 0 Å². The van der Waals surface area contributed by atoms with Crippen LogP contribution in [0.25, 0.3) is 0 Å². The molecule has 20 heavy (non-hydrogen) atoms. The van der Waals surface area contributed by atoms with Crippen molar-refractivity contribution < 1.29 is 9.84 Å². The van der Waals surface area contributed by atoms with Gasteiger partial charge in [-0.2, -0.15) is 0 Å². The Labute approximate surface area is 124 Å². The van der Waals surface area contributed by atoms with E-state index in [1.54, 1.807) is 0 Å². The first kappa shape index (κ1) is 17.1. The maximum Gasteiger partial charge on any atom is 0.116 e. The van der Waals surface area contributed by atoms with Crippen LogP contribution in [0.5, 0.6) is 0 Å². The van der Waals surface area contributed by atoms with E-state index in [-0.39, 0.29) is 6.10 Å². The van der Waals surface area contributed by atoms with E-state index < -0.39 is 0 Å². The number of hydrogen-bond donors (Lipinski definition) is 1. The first-order valence-corrected chi connectivity index (χ1v) is 8.03. The second-order valence-corrected chi connectivity index (χ2v) is 5.78. The van der Waals surface area contributed by atoms with Gasteiger partial charge in [0.1, 0.15) is 5.76 Å². The highest BCUT2D eigenvalue weighted by Gasteiger charge is 2.23. The summed E-state index contributed by atoms with van der Waals surface area (Å²) in [6, 6.07) is 0. The second kappa shape index (κ2) is 8.35. The van der Waals surface area contributed by atoms with Crippen molar-refractivity contribution in [3.05, 3.63) is 23.6 Å². The van der Waals surface area contributed by atoms with Crippen LogP contribution in [0, 0.1) is 5.92 Å². The molecule has 0 bridgehead atoms. The third kappa shape index (κ3) is 4.86. The topological polar surface area (TPSA) is 32.7 Å². The van der Waals surface area contributed by atoms with E-state index in [0.717, 1.165) is 38.0 Å². The molecule has 1 aliphatic heterocycles. The van der Waals surface area contributed by atoms with E-state index in [1.165, 1.54) is 5.70 Å². The highest BCUT2D eigenvalue weighted by Crippen LogP contribution is 2.26. The Balaban J connectivity index is 0.000000956. The fourth-order valence-corrected chi connectivity index (χ4v) is 2.77. The zero-order chi connectivity index (χ0) is 15.1. The molecule has 1 fully saturated rings. The Morgan fingerprint density at radius 1 is 1.15 bits per heavy atom. The molecular weight excluding hydrogens is 250 g/mol. The third-order valence-electron chi connectivity index (χ3n) is 3.83. The summed E-state index contributed by atoms with van der Waals surface area (Å²) in [6.07, 6.45) is 8.16. The Kier molecular flexibility index (Phi) is 7.14. The summed E-state index contributed by atoms with van der Waals surface area (Å²) in [4.78, 5) is 2.26. The molecule has 2 aliphatic rings. The van der Waals surface area contributed by atoms with Crippen molar-refractivity contribution >= 4 is 0 Å². The lowest BCUT2D eigenvalue weighted by Crippen LogP contribution is -2.30. The maximum atomic E-state index is 9.48. The van der Waals surface area contributed by atoms with Gasteiger partial charge >= 0.3 is 0 Å². The molecule has 2 rings (SSSR count). The summed E-state index contributed by atoms with van der Waals surface area (Å²) in [5.74, 6) is 1.61. The average molecular weight is 281 g/mol. The highest BCUT2D eigenvalue weighted by atomic mass is 16.5. The van der Waals surface area contributed by atoms with Crippen molar-refractivity contribution in [2.75, 3.05) is 13.6 Å². The third-order valence-corrected chi connectivity index (χ3v) is 3.83. The fraction of sp³-hybridized carbons (Fsp3) is 0.765. The van der Waals surface area contributed by atoms with Gasteiger partial charge in [-0.1, -0.05) is 27.7 Å². The lowest BCUT2D eigenvalue weighted by molar-refractivity contribution is 0.0258. The van der Waals surface area contributed by atoms with Crippen molar-refractivity contribution in [1.29, 1.82) is 0 Å². The van der Waals surface area contributed by atoms with E-state index in [1.807, 2.05) is 13.8 Å². The van der Waals surface area contributed by atoms with Crippen molar-refractivity contribution in [2.24, 2.45) is 5.92 Å². The number of aliphatic hydroxyl groups is 1. The second-order valence-electron chi connectivity index (χ2n) is 5.78. The van der Waals surface area contributed by atoms with Gasteiger partial charge in [-0.05, 0) is 43.8 Å². The molecule has 0 aromatic carbocycles. The Bertz CT molecular complexity index is 339. The maximum absolute atomic E-state index is 9.48. The molecule has 0 aromatic rings. The van der Waals surface area contributed by atoms with Crippen LogP contribution in [0.3, 0.4) is 0 Å². The summed E-state index contributed by atoms with van der Waals surface area (Å²) in [5, 5.41) is 9.48. The number of rotatable bonds is 3. The molecule has 1 saturated carbocycles. The first-order valence-electron chi connectivity index (χ1n) is 8.03. The normalized spacial score (nSPS) is 26.4. The summed E-state index contributed by atoms with van der Waals surface area (Å²) < 4.78 is 6.04. The summed E-state index contributed by atoms with van der Waals surface area (Å²) in [7, 11) is 2.12. The molecule has 0 spiro atoms. The Morgan fingerprint density at radius 2 is 1.75 bits per heavy atom. The number of hydrogen-bond acceptors (Lipinski definition) is 3. The van der Waals surface area contributed by atoms with Crippen LogP contribution >= 0.6 is 0 Å². The predicted molar refractivity (Wildman–Crippen MR) is 84.3 cm³/mol. The minimum Gasteiger partial charge on any atom is -0.493 e. The van der Waals surface area contributed by atoms with Gasteiger partial charge in [0.05, 0.1) is 18.8 Å². The monoisotopic (exact) mass is 281 g/mol. The van der Waals surface area contributed by atoms with Gasteiger partial charge in [0, 0.05) is 12.7 Å². The predicted octanol–water partition coefficient (Wildman–Crippen LogP) is 3.70. The van der Waals surface area contributed by atoms with Gasteiger partial charge in [-0.25, -0.2) is 0 Å². The van der Waals surface area contributed by atoms with Gasteiger partial charge < -0.3 is 14.7 Å². The molecule has 0 aromatic heterocycles. The smallest absolute Gasteiger partial charge is 0.116 e. The molecule has 3 heteroatoms. The van der Waals surface area contributed by atoms with Gasteiger partial charge in [-0.15, -0.1) is 0 Å². The fourth-order valence-electron chi connectivity index (χ4n) is 2.77. The minimum atomic E-state index is -0.111. The average Bonchev–Trinajstić information content (AvgIpc) is 2.43. The Morgan fingerprint density at radius 3 is 2.25 bits per heavy atom. The van der Waals surface area contributed by atoms with E-state index in [9.17, 15) is 5.11 Å². The van der Waals surface area contributed by atoms with Crippen LogP contribution in [-0.2, 0) is 4.74 Å². The lowest BCUT2D eigenvalue weighted by Gasteiger charge is -2.32. The zero-order valence-corrected chi connectivity index (χ0v) is 13.7. The SMILES string of the molecule is CC.CC(C)C1=CC=C(OC2CCC(O)CC2)CN1C. The van der Waals surface area contributed by atoms with Crippen molar-refractivity contribution in [3.8, 4) is 0 Å². The quantitative estimate of drug-likeness (QED) is 0.856. The van der Waals surface area contributed by atoms with Gasteiger partial charge in [-0.3, -0.25) is 0 Å². The van der Waals surface area contributed by atoms with Gasteiger partial charge in [0.25, 0.3) is 0 Å². The molecule has 0 atom stereocenters. The molecular formula is C17H31NO2. The molecule has 0 radical (unpaired) electrons. The molecule has 0 unspecified atom stereocenters. The number of nitrogens with zero attached hydrogens (tertiary/aromatic N) is 1.